The van der Waals surface area contributed by atoms with Crippen molar-refractivity contribution in [1.82, 2.24) is 25.4 Å². The summed E-state index contributed by atoms with van der Waals surface area (Å²) in [6, 6.07) is 5.77. The van der Waals surface area contributed by atoms with Crippen molar-refractivity contribution in [3.8, 4) is 16.2 Å². The van der Waals surface area contributed by atoms with E-state index in [0.717, 1.165) is 66.6 Å². The number of thiazole rings is 1. The molecule has 2 saturated heterocycles. The standard InChI is InChI=1S/C28H41N5O3S/c1-19(2)20(3)28(35)33-11-5-6-24(33)27(34)30-17-23-8-7-22(26-21(4)31-18-37-26)16-25(23)36-15-14-32-12-9-29-10-13-32/h7-8,16,18-20,24,29H,5-6,9-15,17H2,1-4H3,(H,30,34). The number of carbonyl (C=O) groups excluding carboxylic acids is 2. The Bertz CT molecular complexity index is 1070. The lowest BCUT2D eigenvalue weighted by molar-refractivity contribution is -0.142. The number of hydrogen-bond acceptors (Lipinski definition) is 7. The van der Waals surface area contributed by atoms with Gasteiger partial charge in [-0.05, 0) is 37.3 Å². The Kier molecular flexibility index (Phi) is 9.56. The maximum absolute atomic E-state index is 13.2. The summed E-state index contributed by atoms with van der Waals surface area (Å²) in [7, 11) is 0. The first-order chi connectivity index (χ1) is 17.8. The molecule has 2 amide bonds. The molecule has 2 aliphatic rings. The van der Waals surface area contributed by atoms with Crippen molar-refractivity contribution in [3.63, 3.8) is 0 Å². The van der Waals surface area contributed by atoms with Crippen molar-refractivity contribution < 1.29 is 14.3 Å². The molecule has 2 unspecified atom stereocenters. The lowest BCUT2D eigenvalue weighted by Gasteiger charge is -2.28. The number of carbonyl (C=O) groups is 2. The highest BCUT2D eigenvalue weighted by Gasteiger charge is 2.36. The van der Waals surface area contributed by atoms with Gasteiger partial charge in [0.1, 0.15) is 18.4 Å². The molecule has 0 aliphatic carbocycles. The molecule has 37 heavy (non-hydrogen) atoms. The van der Waals surface area contributed by atoms with E-state index in [4.69, 9.17) is 4.74 Å². The van der Waals surface area contributed by atoms with Crippen LogP contribution in [-0.4, -0.2) is 78.5 Å². The van der Waals surface area contributed by atoms with Gasteiger partial charge in [-0.2, -0.15) is 0 Å². The molecule has 9 heteroatoms. The van der Waals surface area contributed by atoms with Crippen LogP contribution in [0.4, 0.5) is 0 Å². The first-order valence-electron chi connectivity index (χ1n) is 13.5. The van der Waals surface area contributed by atoms with Gasteiger partial charge >= 0.3 is 0 Å². The fraction of sp³-hybridized carbons (Fsp3) is 0.607. The molecular weight excluding hydrogens is 486 g/mol. The van der Waals surface area contributed by atoms with Crippen molar-refractivity contribution in [3.05, 3.63) is 35.0 Å². The zero-order chi connectivity index (χ0) is 26.4. The lowest BCUT2D eigenvalue weighted by Crippen LogP contribution is -2.48. The minimum atomic E-state index is -0.398. The van der Waals surface area contributed by atoms with Crippen molar-refractivity contribution >= 4 is 23.2 Å². The van der Waals surface area contributed by atoms with Gasteiger partial charge in [0.2, 0.25) is 11.8 Å². The van der Waals surface area contributed by atoms with Crippen LogP contribution in [0.3, 0.4) is 0 Å². The summed E-state index contributed by atoms with van der Waals surface area (Å²) < 4.78 is 6.30. The summed E-state index contributed by atoms with van der Waals surface area (Å²) in [6.45, 7) is 14.6. The number of hydrogen-bond donors (Lipinski definition) is 2. The third-order valence-corrected chi connectivity index (χ3v) is 8.61. The van der Waals surface area contributed by atoms with Crippen LogP contribution < -0.4 is 15.4 Å². The number of aromatic nitrogens is 1. The number of likely N-dealkylation sites (tertiary alicyclic amines) is 1. The monoisotopic (exact) mass is 527 g/mol. The SMILES string of the molecule is Cc1ncsc1-c1ccc(CNC(=O)C2CCCN2C(=O)C(C)C(C)C)c(OCCN2CCNCC2)c1. The molecule has 0 bridgehead atoms. The maximum atomic E-state index is 13.2. The van der Waals surface area contributed by atoms with E-state index in [1.54, 1.807) is 16.2 Å². The second-order valence-corrected chi connectivity index (χ2v) is 11.3. The number of rotatable bonds is 10. The largest absolute Gasteiger partial charge is 0.492 e. The van der Waals surface area contributed by atoms with Gasteiger partial charge in [-0.15, -0.1) is 11.3 Å². The summed E-state index contributed by atoms with van der Waals surface area (Å²) in [5.74, 6) is 0.934. The first-order valence-corrected chi connectivity index (χ1v) is 14.4. The molecule has 2 N–H and O–H groups in total. The quantitative estimate of drug-likeness (QED) is 0.493. The average molecular weight is 528 g/mol. The minimum absolute atomic E-state index is 0.0777. The van der Waals surface area contributed by atoms with Crippen LogP contribution in [0.15, 0.2) is 23.7 Å². The molecule has 0 spiro atoms. The molecule has 1 aromatic heterocycles. The van der Waals surface area contributed by atoms with Crippen LogP contribution >= 0.6 is 11.3 Å². The Balaban J connectivity index is 1.44. The number of ether oxygens (including phenoxy) is 1. The van der Waals surface area contributed by atoms with E-state index in [9.17, 15) is 9.59 Å². The van der Waals surface area contributed by atoms with E-state index in [2.05, 4.69) is 46.5 Å². The van der Waals surface area contributed by atoms with E-state index in [-0.39, 0.29) is 23.7 Å². The van der Waals surface area contributed by atoms with E-state index >= 15 is 0 Å². The molecule has 202 valence electrons. The van der Waals surface area contributed by atoms with Gasteiger partial charge < -0.3 is 20.3 Å². The fourth-order valence-electron chi connectivity index (χ4n) is 4.92. The molecule has 0 radical (unpaired) electrons. The van der Waals surface area contributed by atoms with E-state index < -0.39 is 6.04 Å². The third kappa shape index (κ3) is 6.89. The summed E-state index contributed by atoms with van der Waals surface area (Å²) in [6.07, 6.45) is 1.57. The molecule has 1 aromatic carbocycles. The Hall–Kier alpha value is -2.49. The molecule has 2 fully saturated rings. The van der Waals surface area contributed by atoms with Crippen LogP contribution in [0.2, 0.25) is 0 Å². The van der Waals surface area contributed by atoms with Crippen molar-refractivity contribution in [2.45, 2.75) is 53.1 Å². The Labute approximate surface area is 224 Å². The summed E-state index contributed by atoms with van der Waals surface area (Å²) in [5, 5.41) is 6.48. The Morgan fingerprint density at radius 3 is 2.70 bits per heavy atom. The summed E-state index contributed by atoms with van der Waals surface area (Å²) in [4.78, 5) is 35.9. The van der Waals surface area contributed by atoms with E-state index in [1.807, 2.05) is 25.4 Å². The van der Waals surface area contributed by atoms with Gasteiger partial charge in [-0.1, -0.05) is 32.9 Å². The van der Waals surface area contributed by atoms with Gasteiger partial charge in [0.15, 0.2) is 0 Å². The topological polar surface area (TPSA) is 86.8 Å². The van der Waals surface area contributed by atoms with Crippen LogP contribution in [0.25, 0.3) is 10.4 Å². The van der Waals surface area contributed by atoms with Crippen molar-refractivity contribution in [2.24, 2.45) is 11.8 Å². The first kappa shape index (κ1) is 27.5. The van der Waals surface area contributed by atoms with Gasteiger partial charge in [-0.3, -0.25) is 14.5 Å². The molecule has 4 rings (SSSR count). The molecule has 2 aliphatic heterocycles. The van der Waals surface area contributed by atoms with Gasteiger partial charge in [-0.25, -0.2) is 4.98 Å². The second kappa shape index (κ2) is 12.8. The smallest absolute Gasteiger partial charge is 0.243 e. The van der Waals surface area contributed by atoms with Crippen LogP contribution in [0.1, 0.15) is 44.9 Å². The van der Waals surface area contributed by atoms with Crippen LogP contribution in [0, 0.1) is 18.8 Å². The zero-order valence-corrected chi connectivity index (χ0v) is 23.4. The number of nitrogens with zero attached hydrogens (tertiary/aromatic N) is 3. The van der Waals surface area contributed by atoms with Gasteiger partial charge in [0, 0.05) is 57.3 Å². The number of nitrogens with one attached hydrogen (secondary N) is 2. The van der Waals surface area contributed by atoms with Crippen molar-refractivity contribution in [1.29, 1.82) is 0 Å². The minimum Gasteiger partial charge on any atom is -0.492 e. The van der Waals surface area contributed by atoms with Crippen LogP contribution in [0.5, 0.6) is 5.75 Å². The molecule has 2 aromatic rings. The van der Waals surface area contributed by atoms with E-state index in [0.29, 0.717) is 26.1 Å². The molecule has 8 nitrogen and oxygen atoms in total. The fourth-order valence-corrected chi connectivity index (χ4v) is 5.73. The lowest BCUT2D eigenvalue weighted by atomic mass is 9.96. The highest BCUT2D eigenvalue weighted by molar-refractivity contribution is 7.13. The normalized spacial score (nSPS) is 19.3. The summed E-state index contributed by atoms with van der Waals surface area (Å²) >= 11 is 1.62. The second-order valence-electron chi connectivity index (χ2n) is 10.5. The number of benzene rings is 1. The Morgan fingerprint density at radius 2 is 2.00 bits per heavy atom. The molecule has 2 atom stereocenters. The maximum Gasteiger partial charge on any atom is 0.243 e. The van der Waals surface area contributed by atoms with E-state index in [1.165, 1.54) is 0 Å². The summed E-state index contributed by atoms with van der Waals surface area (Å²) in [5.41, 5.74) is 4.87. The highest BCUT2D eigenvalue weighted by Crippen LogP contribution is 2.32. The number of aryl methyl sites for hydroxylation is 1. The molecule has 3 heterocycles. The van der Waals surface area contributed by atoms with Crippen molar-refractivity contribution in [2.75, 3.05) is 45.9 Å². The number of amides is 2. The molecular formula is C28H41N5O3S. The van der Waals surface area contributed by atoms with Crippen LogP contribution in [-0.2, 0) is 16.1 Å². The highest BCUT2D eigenvalue weighted by atomic mass is 32.1. The predicted octanol–water partition coefficient (Wildman–Crippen LogP) is 3.30. The predicted molar refractivity (Wildman–Crippen MR) is 148 cm³/mol. The molecule has 0 saturated carbocycles. The third-order valence-electron chi connectivity index (χ3n) is 7.63. The number of piperazine rings is 1. The average Bonchev–Trinajstić information content (AvgIpc) is 3.56. The zero-order valence-electron chi connectivity index (χ0n) is 22.6. The van der Waals surface area contributed by atoms with Gasteiger partial charge in [0.05, 0.1) is 16.1 Å². The van der Waals surface area contributed by atoms with Gasteiger partial charge in [0.25, 0.3) is 0 Å². The Morgan fingerprint density at radius 1 is 1.22 bits per heavy atom.